The summed E-state index contributed by atoms with van der Waals surface area (Å²) < 4.78 is 8.76. The number of rotatable bonds is 4. The summed E-state index contributed by atoms with van der Waals surface area (Å²) in [4.78, 5) is 28.0. The Morgan fingerprint density at radius 2 is 2.40 bits per heavy atom. The molecule has 108 valence electrons. The predicted molar refractivity (Wildman–Crippen MR) is 71.3 cm³/mol. The van der Waals surface area contributed by atoms with Gasteiger partial charge < -0.3 is 14.5 Å². The van der Waals surface area contributed by atoms with Gasteiger partial charge in [-0.25, -0.2) is 0 Å². The Hall–Kier alpha value is -1.54. The van der Waals surface area contributed by atoms with Crippen LogP contribution in [0.25, 0.3) is 0 Å². The molecule has 2 aliphatic rings. The molecule has 2 saturated heterocycles. The number of methoxy groups -OCH3 is 1. The van der Waals surface area contributed by atoms with Gasteiger partial charge in [-0.2, -0.15) is 0 Å². The number of aromatic nitrogens is 2. The van der Waals surface area contributed by atoms with Crippen LogP contribution in [0.5, 0.6) is 0 Å². The van der Waals surface area contributed by atoms with Crippen molar-refractivity contribution in [3.63, 3.8) is 0 Å². The smallest absolute Gasteiger partial charge is 0.275 e. The van der Waals surface area contributed by atoms with E-state index in [-0.39, 0.29) is 23.9 Å². The molecule has 0 aliphatic carbocycles. The highest BCUT2D eigenvalue weighted by molar-refractivity contribution is 7.03. The van der Waals surface area contributed by atoms with Crippen molar-refractivity contribution < 1.29 is 14.3 Å². The first-order chi connectivity index (χ1) is 9.72. The van der Waals surface area contributed by atoms with Gasteiger partial charge in [-0.05, 0) is 18.0 Å². The predicted octanol–water partition coefficient (Wildman–Crippen LogP) is -0.000100. The molecule has 0 aromatic carbocycles. The zero-order valence-electron chi connectivity index (χ0n) is 11.2. The molecular formula is C12H16N4O3S. The van der Waals surface area contributed by atoms with Crippen LogP contribution in [0.2, 0.25) is 0 Å². The molecule has 0 bridgehead atoms. The van der Waals surface area contributed by atoms with Crippen molar-refractivity contribution >= 4 is 23.3 Å². The van der Waals surface area contributed by atoms with Gasteiger partial charge >= 0.3 is 0 Å². The molecule has 0 unspecified atom stereocenters. The third kappa shape index (κ3) is 2.18. The first kappa shape index (κ1) is 13.4. The Balaban J connectivity index is 1.73. The van der Waals surface area contributed by atoms with Crippen LogP contribution in [0.3, 0.4) is 0 Å². The van der Waals surface area contributed by atoms with Gasteiger partial charge in [0.1, 0.15) is 0 Å². The Kier molecular flexibility index (Phi) is 3.66. The summed E-state index contributed by atoms with van der Waals surface area (Å²) in [6, 6.07) is 0.0850. The van der Waals surface area contributed by atoms with Gasteiger partial charge in [-0.1, -0.05) is 4.49 Å². The van der Waals surface area contributed by atoms with E-state index in [2.05, 4.69) is 9.59 Å². The molecule has 0 saturated carbocycles. The molecule has 0 spiro atoms. The number of ether oxygens (including phenoxy) is 1. The number of hydrogen-bond acceptors (Lipinski definition) is 6. The molecule has 1 aromatic rings. The molecule has 7 nitrogen and oxygen atoms in total. The number of nitrogens with zero attached hydrogens (tertiary/aromatic N) is 4. The van der Waals surface area contributed by atoms with Crippen molar-refractivity contribution in [2.24, 2.45) is 0 Å². The zero-order valence-corrected chi connectivity index (χ0v) is 12.0. The van der Waals surface area contributed by atoms with Crippen molar-refractivity contribution in [3.05, 3.63) is 11.1 Å². The van der Waals surface area contributed by atoms with Crippen molar-refractivity contribution in [2.45, 2.75) is 24.9 Å². The van der Waals surface area contributed by atoms with Crippen LogP contribution >= 0.6 is 11.5 Å². The Morgan fingerprint density at radius 1 is 1.55 bits per heavy atom. The second-order valence-electron chi connectivity index (χ2n) is 5.00. The van der Waals surface area contributed by atoms with Crippen molar-refractivity contribution in [1.29, 1.82) is 0 Å². The molecule has 2 fully saturated rings. The maximum Gasteiger partial charge on any atom is 0.275 e. The van der Waals surface area contributed by atoms with Crippen molar-refractivity contribution in [2.75, 3.05) is 26.8 Å². The SMILES string of the molecule is COCCN1C(=O)C[C@H]2[C@H]1CCN2C(=O)c1csnn1. The lowest BCUT2D eigenvalue weighted by molar-refractivity contribution is -0.129. The minimum atomic E-state index is -0.118. The van der Waals surface area contributed by atoms with Gasteiger partial charge in [0.25, 0.3) is 5.91 Å². The van der Waals surface area contributed by atoms with Crippen molar-refractivity contribution in [3.8, 4) is 0 Å². The number of fused-ring (bicyclic) bond motifs is 1. The minimum absolute atomic E-state index is 0.0337. The highest BCUT2D eigenvalue weighted by atomic mass is 32.1. The second kappa shape index (κ2) is 5.45. The summed E-state index contributed by atoms with van der Waals surface area (Å²) in [5.41, 5.74) is 0.374. The number of carbonyl (C=O) groups excluding carboxylic acids is 2. The van der Waals surface area contributed by atoms with E-state index in [1.165, 1.54) is 0 Å². The third-order valence-corrected chi connectivity index (χ3v) is 4.50. The minimum Gasteiger partial charge on any atom is -0.383 e. The summed E-state index contributed by atoms with van der Waals surface area (Å²) in [5.74, 6) is -0.0152. The summed E-state index contributed by atoms with van der Waals surface area (Å²) in [6.45, 7) is 1.79. The third-order valence-electron chi connectivity index (χ3n) is 3.99. The van der Waals surface area contributed by atoms with E-state index in [1.54, 1.807) is 17.4 Å². The summed E-state index contributed by atoms with van der Waals surface area (Å²) in [5, 5.41) is 5.47. The van der Waals surface area contributed by atoms with E-state index in [9.17, 15) is 9.59 Å². The maximum atomic E-state index is 12.4. The van der Waals surface area contributed by atoms with Crippen LogP contribution < -0.4 is 0 Å². The topological polar surface area (TPSA) is 75.6 Å². The van der Waals surface area contributed by atoms with Gasteiger partial charge in [0, 0.05) is 32.0 Å². The average Bonchev–Trinajstić information content (AvgIpc) is 3.12. The largest absolute Gasteiger partial charge is 0.383 e. The fraction of sp³-hybridized carbons (Fsp3) is 0.667. The molecule has 2 atom stereocenters. The fourth-order valence-electron chi connectivity index (χ4n) is 3.07. The molecule has 2 amide bonds. The highest BCUT2D eigenvalue weighted by Crippen LogP contribution is 2.33. The van der Waals surface area contributed by atoms with Crippen LogP contribution in [-0.2, 0) is 9.53 Å². The number of likely N-dealkylation sites (tertiary alicyclic amines) is 2. The van der Waals surface area contributed by atoms with Gasteiger partial charge in [-0.3, -0.25) is 9.59 Å². The monoisotopic (exact) mass is 296 g/mol. The molecule has 3 heterocycles. The first-order valence-corrected chi connectivity index (χ1v) is 7.42. The fourth-order valence-corrected chi connectivity index (χ4v) is 3.50. The summed E-state index contributed by atoms with van der Waals surface area (Å²) >= 11 is 1.16. The van der Waals surface area contributed by atoms with Crippen LogP contribution in [0.1, 0.15) is 23.3 Å². The molecule has 2 aliphatic heterocycles. The molecule has 0 radical (unpaired) electrons. The normalized spacial score (nSPS) is 25.4. The van der Waals surface area contributed by atoms with E-state index in [4.69, 9.17) is 4.74 Å². The molecule has 1 aromatic heterocycles. The number of carbonyl (C=O) groups is 2. The average molecular weight is 296 g/mol. The zero-order chi connectivity index (χ0) is 14.1. The molecule has 3 rings (SSSR count). The molecular weight excluding hydrogens is 280 g/mol. The van der Waals surface area contributed by atoms with Crippen LogP contribution in [0.4, 0.5) is 0 Å². The molecule has 8 heteroatoms. The molecule has 0 N–H and O–H groups in total. The molecule has 20 heavy (non-hydrogen) atoms. The summed E-state index contributed by atoms with van der Waals surface area (Å²) in [6.07, 6.45) is 1.22. The van der Waals surface area contributed by atoms with Crippen LogP contribution in [0.15, 0.2) is 5.38 Å². The Labute approximate surface area is 120 Å². The van der Waals surface area contributed by atoms with Crippen LogP contribution in [0, 0.1) is 0 Å². The van der Waals surface area contributed by atoms with E-state index >= 15 is 0 Å². The van der Waals surface area contributed by atoms with E-state index in [0.717, 1.165) is 18.0 Å². The van der Waals surface area contributed by atoms with Gasteiger partial charge in [0.15, 0.2) is 5.69 Å². The standard InChI is InChI=1S/C12H16N4O3S/c1-19-5-4-15-9-2-3-16(10(9)6-11(15)17)12(18)8-7-20-14-13-8/h7,9-10H,2-6H2,1H3/t9-,10+/m1/s1. The summed E-state index contributed by atoms with van der Waals surface area (Å²) in [7, 11) is 1.62. The van der Waals surface area contributed by atoms with Gasteiger partial charge in [0.05, 0.1) is 18.7 Å². The first-order valence-electron chi connectivity index (χ1n) is 6.59. The lowest BCUT2D eigenvalue weighted by atomic mass is 10.1. The van der Waals surface area contributed by atoms with Gasteiger partial charge in [0.2, 0.25) is 5.91 Å². The van der Waals surface area contributed by atoms with E-state index in [0.29, 0.717) is 31.8 Å². The van der Waals surface area contributed by atoms with Crippen molar-refractivity contribution in [1.82, 2.24) is 19.4 Å². The second-order valence-corrected chi connectivity index (χ2v) is 5.61. The quantitative estimate of drug-likeness (QED) is 0.782. The van der Waals surface area contributed by atoms with E-state index in [1.807, 2.05) is 4.90 Å². The van der Waals surface area contributed by atoms with E-state index < -0.39 is 0 Å². The van der Waals surface area contributed by atoms with Crippen LogP contribution in [-0.4, -0.2) is 70.1 Å². The van der Waals surface area contributed by atoms with Gasteiger partial charge in [-0.15, -0.1) is 5.10 Å². The number of amides is 2. The Bertz CT molecular complexity index is 507. The Morgan fingerprint density at radius 3 is 3.10 bits per heavy atom. The lowest BCUT2D eigenvalue weighted by Crippen LogP contribution is -2.40. The number of hydrogen-bond donors (Lipinski definition) is 0. The lowest BCUT2D eigenvalue weighted by Gasteiger charge is -2.24. The maximum absolute atomic E-state index is 12.4. The highest BCUT2D eigenvalue weighted by Gasteiger charge is 2.48.